The lowest BCUT2D eigenvalue weighted by Gasteiger charge is -2.30. The van der Waals surface area contributed by atoms with Gasteiger partial charge in [-0.05, 0) is 18.9 Å². The summed E-state index contributed by atoms with van der Waals surface area (Å²) in [5.41, 5.74) is 0.755. The second-order valence-corrected chi connectivity index (χ2v) is 7.85. The minimum absolute atomic E-state index is 0.0938. The fourth-order valence-electron chi connectivity index (χ4n) is 2.49. The number of rotatable bonds is 5. The molecule has 0 aliphatic carbocycles. The molecule has 1 saturated heterocycles. The average Bonchev–Trinajstić information content (AvgIpc) is 2.45. The predicted octanol–water partition coefficient (Wildman–Crippen LogP) is 2.77. The summed E-state index contributed by atoms with van der Waals surface area (Å²) >= 11 is 3.31. The van der Waals surface area contributed by atoms with Crippen LogP contribution in [0.15, 0.2) is 18.2 Å². The van der Waals surface area contributed by atoms with Crippen LogP contribution in [-0.4, -0.2) is 38.7 Å². The number of sulfonamides is 1. The number of alkyl halides is 1. The van der Waals surface area contributed by atoms with Crippen LogP contribution in [0.1, 0.15) is 18.4 Å². The third-order valence-corrected chi connectivity index (χ3v) is 5.48. The molecule has 1 heterocycles. The summed E-state index contributed by atoms with van der Waals surface area (Å²) in [6.07, 6.45) is 2.92. The van der Waals surface area contributed by atoms with Gasteiger partial charge in [0.25, 0.3) is 0 Å². The largest absolute Gasteiger partial charge is 0.490 e. The summed E-state index contributed by atoms with van der Waals surface area (Å²) < 4.78 is 44.1. The summed E-state index contributed by atoms with van der Waals surface area (Å²) in [7, 11) is -3.17. The fourth-order valence-corrected chi connectivity index (χ4v) is 3.87. The van der Waals surface area contributed by atoms with E-state index in [2.05, 4.69) is 15.9 Å². The van der Waals surface area contributed by atoms with E-state index in [9.17, 15) is 12.8 Å². The van der Waals surface area contributed by atoms with Crippen molar-refractivity contribution >= 4 is 26.0 Å². The van der Waals surface area contributed by atoms with Crippen molar-refractivity contribution in [2.75, 3.05) is 26.0 Å². The third-order valence-electron chi connectivity index (χ3n) is 3.61. The van der Waals surface area contributed by atoms with Crippen LogP contribution >= 0.6 is 15.9 Å². The van der Waals surface area contributed by atoms with E-state index in [1.807, 2.05) is 0 Å². The van der Waals surface area contributed by atoms with Crippen LogP contribution in [-0.2, 0) is 15.4 Å². The van der Waals surface area contributed by atoms with Crippen LogP contribution in [0.25, 0.3) is 0 Å². The Kier molecular flexibility index (Phi) is 5.62. The first-order valence-corrected chi connectivity index (χ1v) is 9.80. The molecular formula is C14H19BrFNO3S. The van der Waals surface area contributed by atoms with Gasteiger partial charge in [-0.15, -0.1) is 0 Å². The lowest BCUT2D eigenvalue weighted by molar-refractivity contribution is 0.175. The Bertz CT molecular complexity index is 594. The monoisotopic (exact) mass is 379 g/mol. The van der Waals surface area contributed by atoms with E-state index in [0.717, 1.165) is 18.4 Å². The predicted molar refractivity (Wildman–Crippen MR) is 83.7 cm³/mol. The van der Waals surface area contributed by atoms with Gasteiger partial charge in [0.15, 0.2) is 11.6 Å². The summed E-state index contributed by atoms with van der Waals surface area (Å²) in [6, 6.07) is 4.81. The van der Waals surface area contributed by atoms with E-state index in [1.165, 1.54) is 16.6 Å². The van der Waals surface area contributed by atoms with Gasteiger partial charge in [0.1, 0.15) is 0 Å². The Hall–Kier alpha value is -0.660. The molecule has 0 aromatic heterocycles. The zero-order valence-electron chi connectivity index (χ0n) is 11.9. The van der Waals surface area contributed by atoms with Crippen molar-refractivity contribution in [3.05, 3.63) is 29.6 Å². The molecule has 118 valence electrons. The molecule has 0 bridgehead atoms. The SMILES string of the molecule is CS(=O)(=O)N1CCCC(COc2c(F)cccc2CBr)C1. The fraction of sp³-hybridized carbons (Fsp3) is 0.571. The second kappa shape index (κ2) is 7.07. The maximum absolute atomic E-state index is 13.8. The lowest BCUT2D eigenvalue weighted by Crippen LogP contribution is -2.41. The average molecular weight is 380 g/mol. The first kappa shape index (κ1) is 16.7. The minimum Gasteiger partial charge on any atom is -0.490 e. The van der Waals surface area contributed by atoms with E-state index in [4.69, 9.17) is 4.74 Å². The molecule has 1 aliphatic heterocycles. The summed E-state index contributed by atoms with van der Waals surface area (Å²) in [5.74, 6) is -0.0372. The Balaban J connectivity index is 2.00. The molecule has 0 radical (unpaired) electrons. The van der Waals surface area contributed by atoms with Gasteiger partial charge in [0.05, 0.1) is 12.9 Å². The molecule has 0 N–H and O–H groups in total. The third kappa shape index (κ3) is 4.40. The van der Waals surface area contributed by atoms with Crippen LogP contribution < -0.4 is 4.74 Å². The molecule has 0 amide bonds. The van der Waals surface area contributed by atoms with Crippen molar-refractivity contribution < 1.29 is 17.5 Å². The highest BCUT2D eigenvalue weighted by atomic mass is 79.9. The molecule has 1 unspecified atom stereocenters. The minimum atomic E-state index is -3.17. The Labute approximate surface area is 133 Å². The molecule has 0 saturated carbocycles. The Morgan fingerprint density at radius 2 is 2.24 bits per heavy atom. The van der Waals surface area contributed by atoms with E-state index in [0.29, 0.717) is 25.0 Å². The van der Waals surface area contributed by atoms with Gasteiger partial charge in [-0.25, -0.2) is 17.1 Å². The van der Waals surface area contributed by atoms with Crippen LogP contribution in [0.2, 0.25) is 0 Å². The van der Waals surface area contributed by atoms with E-state index in [-0.39, 0.29) is 17.5 Å². The van der Waals surface area contributed by atoms with Crippen molar-refractivity contribution in [2.45, 2.75) is 18.2 Å². The van der Waals surface area contributed by atoms with Crippen molar-refractivity contribution in [3.8, 4) is 5.75 Å². The molecule has 21 heavy (non-hydrogen) atoms. The number of ether oxygens (including phenoxy) is 1. The number of benzene rings is 1. The van der Waals surface area contributed by atoms with Gasteiger partial charge < -0.3 is 4.74 Å². The number of piperidine rings is 1. The van der Waals surface area contributed by atoms with Crippen LogP contribution in [0.5, 0.6) is 5.75 Å². The van der Waals surface area contributed by atoms with Gasteiger partial charge in [-0.1, -0.05) is 28.1 Å². The summed E-state index contributed by atoms with van der Waals surface area (Å²) in [5, 5.41) is 0.514. The highest BCUT2D eigenvalue weighted by molar-refractivity contribution is 9.08. The highest BCUT2D eigenvalue weighted by Gasteiger charge is 2.26. The zero-order valence-corrected chi connectivity index (χ0v) is 14.3. The van der Waals surface area contributed by atoms with Crippen LogP contribution in [0.4, 0.5) is 4.39 Å². The normalized spacial score (nSPS) is 20.4. The number of para-hydroxylation sites is 1. The Morgan fingerprint density at radius 3 is 2.90 bits per heavy atom. The molecular weight excluding hydrogens is 361 g/mol. The quantitative estimate of drug-likeness (QED) is 0.738. The summed E-state index contributed by atoms with van der Waals surface area (Å²) in [6.45, 7) is 1.32. The van der Waals surface area contributed by atoms with Gasteiger partial charge >= 0.3 is 0 Å². The second-order valence-electron chi connectivity index (χ2n) is 5.30. The molecule has 4 nitrogen and oxygen atoms in total. The molecule has 2 rings (SSSR count). The number of nitrogens with zero attached hydrogens (tertiary/aromatic N) is 1. The molecule has 1 aromatic carbocycles. The van der Waals surface area contributed by atoms with Crippen molar-refractivity contribution in [1.82, 2.24) is 4.31 Å². The van der Waals surface area contributed by atoms with Crippen LogP contribution in [0.3, 0.4) is 0 Å². The van der Waals surface area contributed by atoms with Gasteiger partial charge in [0.2, 0.25) is 10.0 Å². The van der Waals surface area contributed by atoms with E-state index < -0.39 is 10.0 Å². The smallest absolute Gasteiger partial charge is 0.211 e. The maximum Gasteiger partial charge on any atom is 0.211 e. The molecule has 1 fully saturated rings. The lowest BCUT2D eigenvalue weighted by atomic mass is 10.0. The molecule has 0 spiro atoms. The topological polar surface area (TPSA) is 46.6 Å². The molecule has 7 heteroatoms. The van der Waals surface area contributed by atoms with Gasteiger partial charge in [-0.3, -0.25) is 0 Å². The number of hydrogen-bond donors (Lipinski definition) is 0. The van der Waals surface area contributed by atoms with Crippen molar-refractivity contribution in [1.29, 1.82) is 0 Å². The molecule has 1 atom stereocenters. The maximum atomic E-state index is 13.8. The van der Waals surface area contributed by atoms with Crippen molar-refractivity contribution in [2.24, 2.45) is 5.92 Å². The standard InChI is InChI=1S/C14H19BrFNO3S/c1-21(18,19)17-7-3-4-11(9-17)10-20-14-12(8-15)5-2-6-13(14)16/h2,5-6,11H,3-4,7-10H2,1H3. The molecule has 1 aliphatic rings. The van der Waals surface area contributed by atoms with Crippen LogP contribution in [0, 0.1) is 11.7 Å². The van der Waals surface area contributed by atoms with Gasteiger partial charge in [-0.2, -0.15) is 0 Å². The molecule has 1 aromatic rings. The first-order valence-electron chi connectivity index (χ1n) is 6.83. The highest BCUT2D eigenvalue weighted by Crippen LogP contribution is 2.27. The number of halogens is 2. The number of hydrogen-bond acceptors (Lipinski definition) is 3. The first-order chi connectivity index (χ1) is 9.91. The zero-order chi connectivity index (χ0) is 15.5. The van der Waals surface area contributed by atoms with Crippen molar-refractivity contribution in [3.63, 3.8) is 0 Å². The van der Waals surface area contributed by atoms with E-state index in [1.54, 1.807) is 12.1 Å². The summed E-state index contributed by atoms with van der Waals surface area (Å²) in [4.78, 5) is 0. The Morgan fingerprint density at radius 1 is 1.48 bits per heavy atom. The van der Waals surface area contributed by atoms with E-state index >= 15 is 0 Å². The van der Waals surface area contributed by atoms with Gasteiger partial charge in [0, 0.05) is 29.9 Å².